The number of hydrogen-bond donors (Lipinski definition) is 4. The van der Waals surface area contributed by atoms with Crippen LogP contribution in [0.15, 0.2) is 23.6 Å². The minimum absolute atomic E-state index is 0.164. The first-order chi connectivity index (χ1) is 13.8. The van der Waals surface area contributed by atoms with Crippen LogP contribution in [0.3, 0.4) is 0 Å². The zero-order valence-electron chi connectivity index (χ0n) is 17.4. The van der Waals surface area contributed by atoms with Crippen LogP contribution in [0.4, 0.5) is 0 Å². The molecule has 2 unspecified atom stereocenters. The van der Waals surface area contributed by atoms with Crippen LogP contribution in [0.5, 0.6) is 0 Å². The Hall–Kier alpha value is -1.86. The number of fused-ring (bicyclic) bond motifs is 1. The Morgan fingerprint density at radius 3 is 2.62 bits per heavy atom. The summed E-state index contributed by atoms with van der Waals surface area (Å²) >= 11 is 0. The third-order valence-corrected chi connectivity index (χ3v) is 7.08. The van der Waals surface area contributed by atoms with Crippen LogP contribution in [0.25, 0.3) is 11.0 Å². The van der Waals surface area contributed by atoms with E-state index in [0.29, 0.717) is 23.2 Å². The average Bonchev–Trinajstić information content (AvgIpc) is 3.10. The fraction of sp³-hybridized carbons (Fsp3) is 0.636. The lowest BCUT2D eigenvalue weighted by Gasteiger charge is -2.58. The van der Waals surface area contributed by atoms with Gasteiger partial charge in [0.1, 0.15) is 5.65 Å². The Balaban J connectivity index is 1.66. The standard InChI is InChI=1S/C22H30BN4O2/c1-21(2,3)27-26-19(18-15-4-5-24-20(15)25-11-16(18)23-29)17-13-6-12-7-14(17)10-22(28,8-12)9-13/h4-5,11-14,17,27-29H,6-10H2,1-3H3,(H,24,25)/b26-19-. The van der Waals surface area contributed by atoms with Crippen molar-refractivity contribution in [2.24, 2.45) is 28.8 Å². The van der Waals surface area contributed by atoms with Crippen molar-refractivity contribution >= 4 is 29.7 Å². The molecule has 1 radical (unpaired) electrons. The fourth-order valence-corrected chi connectivity index (χ4v) is 6.36. The average molecular weight is 393 g/mol. The van der Waals surface area contributed by atoms with Crippen LogP contribution in [-0.4, -0.2) is 44.4 Å². The second-order valence-corrected chi connectivity index (χ2v) is 10.5. The van der Waals surface area contributed by atoms with Gasteiger partial charge in [-0.3, -0.25) is 0 Å². The second-order valence-electron chi connectivity index (χ2n) is 10.5. The Kier molecular flexibility index (Phi) is 4.34. The van der Waals surface area contributed by atoms with E-state index in [1.807, 2.05) is 12.3 Å². The van der Waals surface area contributed by atoms with Gasteiger partial charge in [-0.05, 0) is 82.2 Å². The van der Waals surface area contributed by atoms with Gasteiger partial charge in [-0.1, -0.05) is 0 Å². The largest absolute Gasteiger partial charge is 0.450 e. The number of nitrogens with zero attached hydrogens (tertiary/aromatic N) is 2. The van der Waals surface area contributed by atoms with E-state index in [2.05, 4.69) is 36.2 Å². The van der Waals surface area contributed by atoms with E-state index >= 15 is 0 Å². The van der Waals surface area contributed by atoms with Crippen LogP contribution < -0.4 is 10.9 Å². The smallest absolute Gasteiger partial charge is 0.329 e. The summed E-state index contributed by atoms with van der Waals surface area (Å²) < 4.78 is 0. The topological polar surface area (TPSA) is 93.5 Å². The molecule has 6 nitrogen and oxygen atoms in total. The van der Waals surface area contributed by atoms with Gasteiger partial charge < -0.3 is 20.5 Å². The molecule has 4 fully saturated rings. The summed E-state index contributed by atoms with van der Waals surface area (Å²) in [6, 6.07) is 2.01. The summed E-state index contributed by atoms with van der Waals surface area (Å²) in [4.78, 5) is 7.64. The Morgan fingerprint density at radius 2 is 2.00 bits per heavy atom. The highest BCUT2D eigenvalue weighted by Gasteiger charge is 2.56. The summed E-state index contributed by atoms with van der Waals surface area (Å²) in [5.74, 6) is 1.78. The van der Waals surface area contributed by atoms with Crippen molar-refractivity contribution in [3.63, 3.8) is 0 Å². The molecule has 4 aliphatic rings. The molecule has 2 aromatic rings. The van der Waals surface area contributed by atoms with Crippen molar-refractivity contribution in [1.82, 2.24) is 15.4 Å². The maximum absolute atomic E-state index is 11.1. The summed E-state index contributed by atoms with van der Waals surface area (Å²) in [6.07, 6.45) is 8.61. The lowest BCUT2D eigenvalue weighted by atomic mass is 9.49. The van der Waals surface area contributed by atoms with Crippen LogP contribution >= 0.6 is 0 Å². The number of H-pyrrole nitrogens is 1. The molecular weight excluding hydrogens is 363 g/mol. The molecule has 153 valence electrons. The van der Waals surface area contributed by atoms with Gasteiger partial charge in [-0.15, -0.1) is 0 Å². The van der Waals surface area contributed by atoms with Crippen LogP contribution in [0, 0.1) is 23.7 Å². The van der Waals surface area contributed by atoms with Crippen LogP contribution in [0.1, 0.15) is 58.4 Å². The van der Waals surface area contributed by atoms with Gasteiger partial charge in [0.25, 0.3) is 0 Å². The maximum atomic E-state index is 11.1. The molecule has 4 bridgehead atoms. The van der Waals surface area contributed by atoms with Crippen molar-refractivity contribution in [1.29, 1.82) is 0 Å². The van der Waals surface area contributed by atoms with Crippen molar-refractivity contribution in [2.45, 2.75) is 64.0 Å². The van der Waals surface area contributed by atoms with E-state index in [-0.39, 0.29) is 11.5 Å². The first-order valence-corrected chi connectivity index (χ1v) is 10.8. The van der Waals surface area contributed by atoms with Gasteiger partial charge in [-0.2, -0.15) is 5.10 Å². The molecule has 6 rings (SSSR count). The molecule has 2 atom stereocenters. The van der Waals surface area contributed by atoms with Gasteiger partial charge in [0.2, 0.25) is 0 Å². The first-order valence-electron chi connectivity index (χ1n) is 10.8. The minimum Gasteiger partial charge on any atom is -0.450 e. The van der Waals surface area contributed by atoms with E-state index in [4.69, 9.17) is 5.10 Å². The van der Waals surface area contributed by atoms with Crippen molar-refractivity contribution in [2.75, 3.05) is 0 Å². The van der Waals surface area contributed by atoms with Crippen LogP contribution in [-0.2, 0) is 0 Å². The summed E-state index contributed by atoms with van der Waals surface area (Å²) in [6.45, 7) is 6.31. The first kappa shape index (κ1) is 19.1. The highest BCUT2D eigenvalue weighted by atomic mass is 16.3. The molecule has 4 saturated carbocycles. The van der Waals surface area contributed by atoms with Gasteiger partial charge in [0, 0.05) is 34.8 Å². The monoisotopic (exact) mass is 393 g/mol. The highest BCUT2D eigenvalue weighted by molar-refractivity contribution is 6.49. The zero-order valence-corrected chi connectivity index (χ0v) is 17.4. The second kappa shape index (κ2) is 6.57. The third-order valence-electron chi connectivity index (χ3n) is 7.08. The van der Waals surface area contributed by atoms with E-state index in [1.54, 1.807) is 6.20 Å². The van der Waals surface area contributed by atoms with E-state index in [9.17, 15) is 10.1 Å². The molecule has 7 heteroatoms. The van der Waals surface area contributed by atoms with E-state index in [0.717, 1.165) is 61.9 Å². The molecule has 4 aliphatic carbocycles. The number of hydrazone groups is 1. The van der Waals surface area contributed by atoms with Gasteiger partial charge in [0.05, 0.1) is 11.3 Å². The third kappa shape index (κ3) is 3.28. The Labute approximate surface area is 172 Å². The van der Waals surface area contributed by atoms with Crippen molar-refractivity contribution in [3.05, 3.63) is 24.0 Å². The molecule has 0 amide bonds. The molecule has 2 heterocycles. The maximum Gasteiger partial charge on any atom is 0.329 e. The minimum atomic E-state index is -0.483. The van der Waals surface area contributed by atoms with Crippen LogP contribution in [0.2, 0.25) is 0 Å². The zero-order chi connectivity index (χ0) is 20.4. The number of pyridine rings is 1. The SMILES string of the molecule is CC(C)(C)N/N=C(\c1c([B]O)cnc2[nH]ccc12)C1C2CC3CC1CC(O)(C3)C2. The predicted octanol–water partition coefficient (Wildman–Crippen LogP) is 2.08. The lowest BCUT2D eigenvalue weighted by Crippen LogP contribution is -2.57. The molecule has 2 aromatic heterocycles. The molecule has 29 heavy (non-hydrogen) atoms. The molecule has 0 aliphatic heterocycles. The van der Waals surface area contributed by atoms with Crippen molar-refractivity contribution < 1.29 is 10.1 Å². The molecule has 0 spiro atoms. The number of rotatable bonds is 4. The number of aliphatic hydroxyl groups is 1. The van der Waals surface area contributed by atoms with Gasteiger partial charge in [-0.25, -0.2) is 4.98 Å². The molecular formula is C22H30BN4O2. The Morgan fingerprint density at radius 1 is 1.28 bits per heavy atom. The summed E-state index contributed by atoms with van der Waals surface area (Å²) in [5.41, 5.74) is 6.16. The predicted molar refractivity (Wildman–Crippen MR) is 115 cm³/mol. The van der Waals surface area contributed by atoms with Crippen molar-refractivity contribution in [3.8, 4) is 0 Å². The van der Waals surface area contributed by atoms with E-state index in [1.165, 1.54) is 0 Å². The van der Waals surface area contributed by atoms with Gasteiger partial charge >= 0.3 is 7.48 Å². The van der Waals surface area contributed by atoms with E-state index < -0.39 is 5.60 Å². The Bertz CT molecular complexity index is 947. The summed E-state index contributed by atoms with van der Waals surface area (Å²) in [5, 5.41) is 27.0. The number of aromatic amines is 1. The van der Waals surface area contributed by atoms with Gasteiger partial charge in [0.15, 0.2) is 0 Å². The summed E-state index contributed by atoms with van der Waals surface area (Å²) in [7, 11) is 1.14. The molecule has 4 N–H and O–H groups in total. The normalized spacial score (nSPS) is 34.0. The highest BCUT2D eigenvalue weighted by Crippen LogP contribution is 2.59. The number of hydrogen-bond acceptors (Lipinski definition) is 5. The molecule has 0 saturated heterocycles. The lowest BCUT2D eigenvalue weighted by molar-refractivity contribution is -0.137. The number of nitrogens with one attached hydrogen (secondary N) is 2. The molecule has 0 aromatic carbocycles. The fourth-order valence-electron chi connectivity index (χ4n) is 6.36. The number of aromatic nitrogens is 2. The quantitative estimate of drug-likeness (QED) is 0.364.